The molecule has 2 aromatic carbocycles. The second-order valence-electron chi connectivity index (χ2n) is 10.7. The van der Waals surface area contributed by atoms with Crippen LogP contribution in [0, 0.1) is 6.92 Å². The van der Waals surface area contributed by atoms with Crippen molar-refractivity contribution in [1.82, 2.24) is 4.98 Å². The fourth-order valence-electron chi connectivity index (χ4n) is 5.09. The van der Waals surface area contributed by atoms with Crippen molar-refractivity contribution in [2.24, 2.45) is 5.73 Å². The summed E-state index contributed by atoms with van der Waals surface area (Å²) in [6.45, 7) is 5.89. The molecule has 5 rings (SSSR count). The number of benzene rings is 2. The van der Waals surface area contributed by atoms with Gasteiger partial charge >= 0.3 is 0 Å². The van der Waals surface area contributed by atoms with Gasteiger partial charge in [-0.05, 0) is 51.0 Å². The smallest absolute Gasteiger partial charge is 0.163 e. The summed E-state index contributed by atoms with van der Waals surface area (Å²) >= 11 is 0. The van der Waals surface area contributed by atoms with E-state index in [0.29, 0.717) is 47.9 Å². The molecule has 1 aromatic heterocycles. The van der Waals surface area contributed by atoms with Crippen LogP contribution in [0.2, 0.25) is 0 Å². The fourth-order valence-corrected chi connectivity index (χ4v) is 5.09. The molecule has 0 spiro atoms. The van der Waals surface area contributed by atoms with Crippen LogP contribution in [-0.2, 0) is 28.8 Å². The number of pyridine rings is 1. The van der Waals surface area contributed by atoms with Crippen molar-refractivity contribution in [3.63, 3.8) is 0 Å². The number of rotatable bonds is 7. The molecule has 7 nitrogen and oxygen atoms in total. The van der Waals surface area contributed by atoms with Crippen LogP contribution in [0.5, 0.6) is 11.5 Å². The average Bonchev–Trinajstić information content (AvgIpc) is 3.40. The first-order valence-electron chi connectivity index (χ1n) is 12.5. The summed E-state index contributed by atoms with van der Waals surface area (Å²) in [5.74, 6) is 1.17. The van der Waals surface area contributed by atoms with E-state index >= 15 is 0 Å². The number of nitrogens with zero attached hydrogens (tertiary/aromatic N) is 1. The standard InChI is InChI=1S/C30H32N2O5/c1-17-5-7-18(8-6-17)27-28-23(29(2,31)16-37-28)15-26(32-27)30(3,35)10-9-24(34)20-11-19-12-21(33)14-22(19)25(13-20)36-4/h5-8,11,13,15,35H,9-10,12,14,16,31H2,1-4H3. The van der Waals surface area contributed by atoms with Crippen LogP contribution < -0.4 is 15.2 Å². The number of fused-ring (bicyclic) bond motifs is 2. The van der Waals surface area contributed by atoms with E-state index in [1.807, 2.05) is 38.1 Å². The predicted molar refractivity (Wildman–Crippen MR) is 140 cm³/mol. The summed E-state index contributed by atoms with van der Waals surface area (Å²) in [7, 11) is 1.54. The van der Waals surface area contributed by atoms with Crippen molar-refractivity contribution in [2.45, 2.75) is 57.6 Å². The van der Waals surface area contributed by atoms with Crippen LogP contribution in [0.25, 0.3) is 11.3 Å². The Kier molecular flexibility index (Phi) is 6.16. The first-order chi connectivity index (χ1) is 17.5. The van der Waals surface area contributed by atoms with Crippen molar-refractivity contribution in [3.05, 3.63) is 76.0 Å². The van der Waals surface area contributed by atoms with Crippen molar-refractivity contribution in [2.75, 3.05) is 13.7 Å². The van der Waals surface area contributed by atoms with Crippen molar-refractivity contribution in [1.29, 1.82) is 0 Å². The van der Waals surface area contributed by atoms with E-state index in [9.17, 15) is 14.7 Å². The Balaban J connectivity index is 1.44. The molecule has 0 fully saturated rings. The third kappa shape index (κ3) is 4.65. The Labute approximate surface area is 216 Å². The zero-order valence-corrected chi connectivity index (χ0v) is 21.7. The number of carbonyl (C=O) groups is 2. The second-order valence-corrected chi connectivity index (χ2v) is 10.7. The maximum atomic E-state index is 13.2. The molecule has 3 aromatic rings. The molecule has 0 bridgehead atoms. The number of ether oxygens (including phenoxy) is 2. The Bertz CT molecular complexity index is 1410. The van der Waals surface area contributed by atoms with E-state index in [1.165, 1.54) is 7.11 Å². The normalized spacial score (nSPS) is 19.7. The van der Waals surface area contributed by atoms with Gasteiger partial charge in [-0.25, -0.2) is 4.98 Å². The molecular weight excluding hydrogens is 468 g/mol. The summed E-state index contributed by atoms with van der Waals surface area (Å²) in [6.07, 6.45) is 0.896. The molecule has 2 heterocycles. The van der Waals surface area contributed by atoms with Gasteiger partial charge < -0.3 is 20.3 Å². The number of nitrogens with two attached hydrogens (primary N) is 1. The van der Waals surface area contributed by atoms with Crippen LogP contribution in [0.3, 0.4) is 0 Å². The van der Waals surface area contributed by atoms with Crippen LogP contribution in [0.4, 0.5) is 0 Å². The lowest BCUT2D eigenvalue weighted by molar-refractivity contribution is -0.117. The third-order valence-electron chi connectivity index (χ3n) is 7.43. The van der Waals surface area contributed by atoms with Gasteiger partial charge in [0.2, 0.25) is 0 Å². The second kappa shape index (κ2) is 9.08. The first-order valence-corrected chi connectivity index (χ1v) is 12.5. The van der Waals surface area contributed by atoms with E-state index in [4.69, 9.17) is 20.2 Å². The predicted octanol–water partition coefficient (Wildman–Crippen LogP) is 4.17. The maximum absolute atomic E-state index is 13.2. The highest BCUT2D eigenvalue weighted by Crippen LogP contribution is 2.44. The number of Topliss-reactive ketones (excluding diaryl/α,β-unsaturated/α-hetero) is 2. The van der Waals surface area contributed by atoms with Gasteiger partial charge in [0, 0.05) is 41.5 Å². The van der Waals surface area contributed by atoms with Gasteiger partial charge in [0.05, 0.1) is 18.3 Å². The van der Waals surface area contributed by atoms with Crippen molar-refractivity contribution >= 4 is 11.6 Å². The van der Waals surface area contributed by atoms with Crippen molar-refractivity contribution < 1.29 is 24.2 Å². The Morgan fingerprint density at radius 1 is 1.22 bits per heavy atom. The average molecular weight is 501 g/mol. The highest BCUT2D eigenvalue weighted by molar-refractivity contribution is 5.98. The van der Waals surface area contributed by atoms with E-state index in [1.54, 1.807) is 25.1 Å². The molecule has 3 N–H and O–H groups in total. The topological polar surface area (TPSA) is 112 Å². The summed E-state index contributed by atoms with van der Waals surface area (Å²) in [6, 6.07) is 13.2. The monoisotopic (exact) mass is 500 g/mol. The molecule has 192 valence electrons. The largest absolute Gasteiger partial charge is 0.496 e. The first kappa shape index (κ1) is 25.1. The molecule has 0 saturated heterocycles. The lowest BCUT2D eigenvalue weighted by Crippen LogP contribution is -2.35. The Morgan fingerprint density at radius 2 is 1.95 bits per heavy atom. The number of aryl methyl sites for hydroxylation is 1. The molecule has 2 atom stereocenters. The van der Waals surface area contributed by atoms with E-state index < -0.39 is 11.1 Å². The van der Waals surface area contributed by atoms with Gasteiger partial charge in [0.1, 0.15) is 29.4 Å². The van der Waals surface area contributed by atoms with Gasteiger partial charge in [-0.1, -0.05) is 29.8 Å². The molecule has 7 heteroatoms. The zero-order chi connectivity index (χ0) is 26.5. The van der Waals surface area contributed by atoms with E-state index in [2.05, 4.69) is 0 Å². The lowest BCUT2D eigenvalue weighted by atomic mass is 9.87. The van der Waals surface area contributed by atoms with Gasteiger partial charge in [0.25, 0.3) is 0 Å². The van der Waals surface area contributed by atoms with Crippen LogP contribution >= 0.6 is 0 Å². The Hall–Kier alpha value is -3.55. The molecule has 1 aliphatic carbocycles. The molecule has 0 radical (unpaired) electrons. The minimum atomic E-state index is -1.39. The number of hydrogen-bond donors (Lipinski definition) is 2. The SMILES string of the molecule is COc1cc(C(=O)CCC(C)(O)c2cc3c(c(-c4ccc(C)cc4)n2)OCC3(C)N)cc2c1CC(=O)C2. The van der Waals surface area contributed by atoms with E-state index in [-0.39, 0.29) is 24.4 Å². The molecule has 37 heavy (non-hydrogen) atoms. The third-order valence-corrected chi connectivity index (χ3v) is 7.43. The minimum Gasteiger partial charge on any atom is -0.496 e. The maximum Gasteiger partial charge on any atom is 0.163 e. The number of ketones is 2. The molecule has 2 unspecified atom stereocenters. The van der Waals surface area contributed by atoms with Crippen molar-refractivity contribution in [3.8, 4) is 22.8 Å². The summed E-state index contributed by atoms with van der Waals surface area (Å²) in [4.78, 5) is 29.9. The highest BCUT2D eigenvalue weighted by atomic mass is 16.5. The fraction of sp³-hybridized carbons (Fsp3) is 0.367. The van der Waals surface area contributed by atoms with Crippen LogP contribution in [0.15, 0.2) is 42.5 Å². The number of carbonyl (C=O) groups excluding carboxylic acids is 2. The van der Waals surface area contributed by atoms with Crippen LogP contribution in [0.1, 0.15) is 65.0 Å². The number of aromatic nitrogens is 1. The van der Waals surface area contributed by atoms with Gasteiger partial charge in [-0.3, -0.25) is 9.59 Å². The number of methoxy groups -OCH3 is 1. The van der Waals surface area contributed by atoms with Crippen LogP contribution in [-0.4, -0.2) is 35.4 Å². The minimum absolute atomic E-state index is 0.0951. The van der Waals surface area contributed by atoms with Gasteiger partial charge in [0.15, 0.2) is 11.5 Å². The Morgan fingerprint density at radius 3 is 2.65 bits per heavy atom. The van der Waals surface area contributed by atoms with E-state index in [0.717, 1.165) is 27.8 Å². The molecule has 1 aliphatic heterocycles. The summed E-state index contributed by atoms with van der Waals surface area (Å²) in [5.41, 5.74) is 10.4. The number of hydrogen-bond acceptors (Lipinski definition) is 7. The molecular formula is C30H32N2O5. The molecule has 0 saturated carbocycles. The highest BCUT2D eigenvalue weighted by Gasteiger charge is 2.38. The molecule has 0 amide bonds. The zero-order valence-electron chi connectivity index (χ0n) is 21.7. The summed E-state index contributed by atoms with van der Waals surface area (Å²) in [5, 5.41) is 11.5. The molecule has 2 aliphatic rings. The van der Waals surface area contributed by atoms with Gasteiger partial charge in [-0.15, -0.1) is 0 Å². The lowest BCUT2D eigenvalue weighted by Gasteiger charge is -2.25. The quantitative estimate of drug-likeness (QED) is 0.468. The van der Waals surface area contributed by atoms with Gasteiger partial charge in [-0.2, -0.15) is 0 Å². The number of aliphatic hydroxyl groups is 1. The summed E-state index contributed by atoms with van der Waals surface area (Å²) < 4.78 is 11.4.